The van der Waals surface area contributed by atoms with Gasteiger partial charge in [-0.25, -0.2) is 14.4 Å². The first kappa shape index (κ1) is 34.4. The number of hydrogen-bond acceptors (Lipinski definition) is 8. The van der Waals surface area contributed by atoms with Crippen LogP contribution in [0.4, 0.5) is 20.2 Å². The number of ether oxygens (including phenoxy) is 2. The Balaban J connectivity index is 1.33. The van der Waals surface area contributed by atoms with Crippen LogP contribution in [0.15, 0.2) is 60.7 Å². The SMILES string of the molecule is CCOC(=O)n1nc(NC(=O)[C@@H]2CCCN(C(=O)OCc3ccccc3)C2)c2c1C(C)(C)N(C(=O)NC(CN(C)C)c1ccccc1)C2. The number of likely N-dealkylation sites (N-methyl/N-ethyl adjacent to an activating group) is 1. The highest BCUT2D eigenvalue weighted by Crippen LogP contribution is 2.42. The summed E-state index contributed by atoms with van der Waals surface area (Å²) in [7, 11) is 3.89. The van der Waals surface area contributed by atoms with Gasteiger partial charge in [0.2, 0.25) is 5.91 Å². The predicted molar refractivity (Wildman–Crippen MR) is 179 cm³/mol. The summed E-state index contributed by atoms with van der Waals surface area (Å²) < 4.78 is 12.0. The van der Waals surface area contributed by atoms with Crippen LogP contribution >= 0.6 is 0 Å². The summed E-state index contributed by atoms with van der Waals surface area (Å²) in [4.78, 5) is 58.7. The summed E-state index contributed by atoms with van der Waals surface area (Å²) in [5.74, 6) is -0.663. The molecule has 0 saturated carbocycles. The smallest absolute Gasteiger partial charge is 0.435 e. The maximum absolute atomic E-state index is 13.9. The molecule has 5 rings (SSSR count). The molecule has 3 heterocycles. The zero-order valence-electron chi connectivity index (χ0n) is 28.3. The van der Waals surface area contributed by atoms with E-state index in [0.717, 1.165) is 15.8 Å². The average Bonchev–Trinajstić information content (AvgIpc) is 3.58. The van der Waals surface area contributed by atoms with Crippen molar-refractivity contribution < 1.29 is 28.7 Å². The van der Waals surface area contributed by atoms with Crippen molar-refractivity contribution in [1.82, 2.24) is 29.8 Å². The number of amides is 4. The Morgan fingerprint density at radius 1 is 1.00 bits per heavy atom. The normalized spacial score (nSPS) is 17.4. The molecule has 1 aromatic heterocycles. The maximum Gasteiger partial charge on any atom is 0.435 e. The summed E-state index contributed by atoms with van der Waals surface area (Å²) in [6.07, 6.45) is 0.0198. The fraction of sp³-hybridized carbons (Fsp3) is 0.457. The number of rotatable bonds is 9. The molecule has 0 radical (unpaired) electrons. The molecule has 1 saturated heterocycles. The van der Waals surface area contributed by atoms with Crippen LogP contribution in [0.2, 0.25) is 0 Å². The van der Waals surface area contributed by atoms with Gasteiger partial charge >= 0.3 is 18.2 Å². The summed E-state index contributed by atoms with van der Waals surface area (Å²) >= 11 is 0. The molecule has 13 nitrogen and oxygen atoms in total. The highest BCUT2D eigenvalue weighted by Gasteiger charge is 2.47. The first-order valence-corrected chi connectivity index (χ1v) is 16.3. The number of urea groups is 1. The number of benzene rings is 2. The highest BCUT2D eigenvalue weighted by atomic mass is 16.6. The number of fused-ring (bicyclic) bond motifs is 1. The van der Waals surface area contributed by atoms with Crippen molar-refractivity contribution in [3.05, 3.63) is 83.0 Å². The minimum Gasteiger partial charge on any atom is -0.448 e. The molecular formula is C35H45N7O6. The minimum atomic E-state index is -0.980. The van der Waals surface area contributed by atoms with Crippen molar-refractivity contribution in [2.75, 3.05) is 45.7 Å². The van der Waals surface area contributed by atoms with Crippen LogP contribution in [0.3, 0.4) is 0 Å². The molecule has 48 heavy (non-hydrogen) atoms. The highest BCUT2D eigenvalue weighted by molar-refractivity contribution is 5.94. The number of anilines is 1. The van der Waals surface area contributed by atoms with Crippen molar-refractivity contribution in [2.45, 2.75) is 58.3 Å². The number of likely N-dealkylation sites (tertiary alicyclic amines) is 1. The number of piperidine rings is 1. The third kappa shape index (κ3) is 7.62. The number of nitrogens with zero attached hydrogens (tertiary/aromatic N) is 5. The van der Waals surface area contributed by atoms with Crippen LogP contribution in [-0.2, 0) is 33.0 Å². The summed E-state index contributed by atoms with van der Waals surface area (Å²) in [6, 6.07) is 18.5. The standard InChI is InChI=1S/C35H45N7O6/c1-6-47-34(46)42-29-27(21-41(35(29,2)3)32(44)36-28(22-39(4)5)25-16-11-8-12-17-25)30(38-42)37-31(43)26-18-13-19-40(20-26)33(45)48-23-24-14-9-7-10-15-24/h7-12,14-17,26,28H,6,13,18-23H2,1-5H3,(H,36,44)(H,37,38,43)/t26-,28?/m1/s1. The van der Waals surface area contributed by atoms with Crippen LogP contribution < -0.4 is 10.6 Å². The van der Waals surface area contributed by atoms with Crippen LogP contribution in [-0.4, -0.2) is 88.9 Å². The lowest BCUT2D eigenvalue weighted by Gasteiger charge is -2.34. The Morgan fingerprint density at radius 3 is 2.35 bits per heavy atom. The fourth-order valence-electron chi connectivity index (χ4n) is 6.35. The minimum absolute atomic E-state index is 0.106. The van der Waals surface area contributed by atoms with Gasteiger partial charge in [-0.15, -0.1) is 5.10 Å². The Kier molecular flexibility index (Phi) is 10.7. The van der Waals surface area contributed by atoms with E-state index in [1.54, 1.807) is 16.7 Å². The van der Waals surface area contributed by atoms with Crippen molar-refractivity contribution >= 4 is 29.9 Å². The topological polar surface area (TPSA) is 138 Å². The van der Waals surface area contributed by atoms with Crippen LogP contribution in [0, 0.1) is 5.92 Å². The molecule has 256 valence electrons. The second kappa shape index (κ2) is 14.9. The average molecular weight is 660 g/mol. The zero-order chi connectivity index (χ0) is 34.4. The number of carbonyl (C=O) groups is 4. The lowest BCUT2D eigenvalue weighted by Crippen LogP contribution is -2.49. The quantitative estimate of drug-likeness (QED) is 0.330. The lowest BCUT2D eigenvalue weighted by atomic mass is 9.97. The predicted octanol–water partition coefficient (Wildman–Crippen LogP) is 4.94. The summed E-state index contributed by atoms with van der Waals surface area (Å²) in [5.41, 5.74) is 1.87. The summed E-state index contributed by atoms with van der Waals surface area (Å²) in [6.45, 7) is 7.00. The van der Waals surface area contributed by atoms with Gasteiger partial charge in [0, 0.05) is 25.2 Å². The molecule has 0 bridgehead atoms. The number of aromatic nitrogens is 2. The Morgan fingerprint density at radius 2 is 1.69 bits per heavy atom. The fourth-order valence-corrected chi connectivity index (χ4v) is 6.35. The molecule has 13 heteroatoms. The second-order valence-electron chi connectivity index (χ2n) is 12.9. The number of hydrogen-bond donors (Lipinski definition) is 2. The number of carbonyl (C=O) groups excluding carboxylic acids is 4. The van der Waals surface area contributed by atoms with E-state index in [2.05, 4.69) is 15.7 Å². The zero-order valence-corrected chi connectivity index (χ0v) is 28.3. The molecule has 2 N–H and O–H groups in total. The van der Waals surface area contributed by atoms with Crippen LogP contribution in [0.1, 0.15) is 62.0 Å². The summed E-state index contributed by atoms with van der Waals surface area (Å²) in [5, 5.41) is 10.6. The van der Waals surface area contributed by atoms with E-state index < -0.39 is 23.6 Å². The van der Waals surface area contributed by atoms with E-state index >= 15 is 0 Å². The molecule has 2 atom stereocenters. The lowest BCUT2D eigenvalue weighted by molar-refractivity contribution is -0.121. The Hall–Kier alpha value is -4.91. The van der Waals surface area contributed by atoms with Gasteiger partial charge in [0.25, 0.3) is 0 Å². The second-order valence-corrected chi connectivity index (χ2v) is 12.9. The molecule has 3 aromatic rings. The maximum atomic E-state index is 13.9. The van der Waals surface area contributed by atoms with E-state index in [4.69, 9.17) is 9.47 Å². The van der Waals surface area contributed by atoms with E-state index in [-0.39, 0.29) is 50.1 Å². The van der Waals surface area contributed by atoms with E-state index in [1.165, 1.54) is 0 Å². The van der Waals surface area contributed by atoms with Gasteiger partial charge in [-0.3, -0.25) is 4.79 Å². The molecule has 0 aliphatic carbocycles. The third-order valence-electron chi connectivity index (χ3n) is 8.78. The Labute approximate surface area is 281 Å². The molecular weight excluding hydrogens is 614 g/mol. The van der Waals surface area contributed by atoms with Gasteiger partial charge < -0.3 is 34.8 Å². The van der Waals surface area contributed by atoms with E-state index in [9.17, 15) is 19.2 Å². The Bertz CT molecular complexity index is 1610. The van der Waals surface area contributed by atoms with E-state index in [1.807, 2.05) is 93.5 Å². The first-order chi connectivity index (χ1) is 23.0. The monoisotopic (exact) mass is 659 g/mol. The molecule has 4 amide bonds. The molecule has 2 aromatic carbocycles. The first-order valence-electron chi connectivity index (χ1n) is 16.3. The van der Waals surface area contributed by atoms with Gasteiger partial charge in [0.1, 0.15) is 6.61 Å². The largest absolute Gasteiger partial charge is 0.448 e. The van der Waals surface area contributed by atoms with Crippen molar-refractivity contribution in [2.24, 2.45) is 5.92 Å². The van der Waals surface area contributed by atoms with Gasteiger partial charge in [0.05, 0.1) is 36.3 Å². The molecule has 0 spiro atoms. The molecule has 2 aliphatic heterocycles. The molecule has 1 unspecified atom stereocenters. The van der Waals surface area contributed by atoms with Gasteiger partial charge in [-0.2, -0.15) is 4.68 Å². The number of nitrogens with one attached hydrogen (secondary N) is 2. The van der Waals surface area contributed by atoms with Gasteiger partial charge in [0.15, 0.2) is 5.82 Å². The van der Waals surface area contributed by atoms with Crippen molar-refractivity contribution in [1.29, 1.82) is 0 Å². The van der Waals surface area contributed by atoms with E-state index in [0.29, 0.717) is 37.2 Å². The van der Waals surface area contributed by atoms with Crippen molar-refractivity contribution in [3.63, 3.8) is 0 Å². The van der Waals surface area contributed by atoms with Crippen molar-refractivity contribution in [3.8, 4) is 0 Å². The third-order valence-corrected chi connectivity index (χ3v) is 8.78. The van der Waals surface area contributed by atoms with Gasteiger partial charge in [-0.05, 0) is 58.8 Å². The van der Waals surface area contributed by atoms with Crippen LogP contribution in [0.25, 0.3) is 0 Å². The molecule has 2 aliphatic rings. The molecule has 1 fully saturated rings. The van der Waals surface area contributed by atoms with Gasteiger partial charge in [-0.1, -0.05) is 60.7 Å². The van der Waals surface area contributed by atoms with Crippen LogP contribution in [0.5, 0.6) is 0 Å².